The molecule has 0 spiro atoms. The summed E-state index contributed by atoms with van der Waals surface area (Å²) in [6.07, 6.45) is 5.29. The molecule has 1 fully saturated rings. The van der Waals surface area contributed by atoms with E-state index in [0.29, 0.717) is 0 Å². The summed E-state index contributed by atoms with van der Waals surface area (Å²) in [6.45, 7) is 1.58. The van der Waals surface area contributed by atoms with Crippen LogP contribution < -0.4 is 11.1 Å². The molecule has 0 aromatic heterocycles. The zero-order valence-corrected chi connectivity index (χ0v) is 10.0. The lowest BCUT2D eigenvalue weighted by atomic mass is 10.2. The third kappa shape index (κ3) is 4.86. The lowest BCUT2D eigenvalue weighted by Crippen LogP contribution is -2.44. The van der Waals surface area contributed by atoms with E-state index in [0.717, 1.165) is 38.2 Å². The average molecular weight is 232 g/mol. The standard InChI is InChI=1S/C10H20N2O2S/c1-15-6-4-9(10(11)13)12-7-8-3-2-5-14-8/h8-9,12H,2-7H2,1H3,(H2,11,13). The second kappa shape index (κ2) is 7.09. The molecule has 1 amide bonds. The van der Waals surface area contributed by atoms with Gasteiger partial charge in [-0.2, -0.15) is 11.8 Å². The van der Waals surface area contributed by atoms with E-state index in [-0.39, 0.29) is 18.1 Å². The van der Waals surface area contributed by atoms with Gasteiger partial charge in [-0.05, 0) is 31.3 Å². The summed E-state index contributed by atoms with van der Waals surface area (Å²) in [5.74, 6) is 0.689. The van der Waals surface area contributed by atoms with Gasteiger partial charge in [0, 0.05) is 13.2 Å². The van der Waals surface area contributed by atoms with Crippen molar-refractivity contribution >= 4 is 17.7 Å². The number of carbonyl (C=O) groups is 1. The van der Waals surface area contributed by atoms with Crippen LogP contribution in [0.2, 0.25) is 0 Å². The van der Waals surface area contributed by atoms with E-state index in [4.69, 9.17) is 10.5 Å². The van der Waals surface area contributed by atoms with Crippen LogP contribution >= 0.6 is 11.8 Å². The number of hydrogen-bond acceptors (Lipinski definition) is 4. The molecule has 0 bridgehead atoms. The van der Waals surface area contributed by atoms with Crippen LogP contribution in [0, 0.1) is 0 Å². The van der Waals surface area contributed by atoms with Gasteiger partial charge in [-0.3, -0.25) is 4.79 Å². The quantitative estimate of drug-likeness (QED) is 0.665. The number of carbonyl (C=O) groups excluding carboxylic acids is 1. The zero-order valence-electron chi connectivity index (χ0n) is 9.20. The minimum atomic E-state index is -0.262. The van der Waals surface area contributed by atoms with Crippen molar-refractivity contribution in [2.45, 2.75) is 31.4 Å². The van der Waals surface area contributed by atoms with Crippen molar-refractivity contribution in [2.75, 3.05) is 25.2 Å². The monoisotopic (exact) mass is 232 g/mol. The molecular weight excluding hydrogens is 212 g/mol. The van der Waals surface area contributed by atoms with Crippen molar-refractivity contribution < 1.29 is 9.53 Å². The van der Waals surface area contributed by atoms with Crippen LogP contribution in [0.1, 0.15) is 19.3 Å². The molecule has 0 aromatic rings. The number of thioether (sulfide) groups is 1. The van der Waals surface area contributed by atoms with Gasteiger partial charge >= 0.3 is 0 Å². The largest absolute Gasteiger partial charge is 0.377 e. The fourth-order valence-electron chi connectivity index (χ4n) is 1.66. The summed E-state index contributed by atoms with van der Waals surface area (Å²) in [5.41, 5.74) is 5.31. The second-order valence-corrected chi connectivity index (χ2v) is 4.77. The molecule has 15 heavy (non-hydrogen) atoms. The first kappa shape index (κ1) is 12.8. The van der Waals surface area contributed by atoms with Crippen LogP contribution in [-0.2, 0) is 9.53 Å². The van der Waals surface area contributed by atoms with Crippen LogP contribution in [-0.4, -0.2) is 43.2 Å². The number of nitrogens with one attached hydrogen (secondary N) is 1. The third-order valence-electron chi connectivity index (χ3n) is 2.57. The van der Waals surface area contributed by atoms with Crippen LogP contribution in [0.25, 0.3) is 0 Å². The number of amides is 1. The molecule has 88 valence electrons. The molecule has 1 saturated heterocycles. The number of hydrogen-bond donors (Lipinski definition) is 2. The van der Waals surface area contributed by atoms with E-state index < -0.39 is 0 Å². The van der Waals surface area contributed by atoms with Gasteiger partial charge in [-0.25, -0.2) is 0 Å². The van der Waals surface area contributed by atoms with Gasteiger partial charge in [0.1, 0.15) is 0 Å². The Balaban J connectivity index is 2.20. The number of primary amides is 1. The van der Waals surface area contributed by atoms with Crippen molar-refractivity contribution in [1.82, 2.24) is 5.32 Å². The molecule has 0 radical (unpaired) electrons. The van der Waals surface area contributed by atoms with E-state index in [1.165, 1.54) is 0 Å². The molecule has 1 aliphatic rings. The van der Waals surface area contributed by atoms with Crippen molar-refractivity contribution in [1.29, 1.82) is 0 Å². The number of rotatable bonds is 7. The first-order chi connectivity index (χ1) is 7.24. The molecule has 1 aliphatic heterocycles. The Morgan fingerprint density at radius 2 is 2.53 bits per heavy atom. The van der Waals surface area contributed by atoms with Gasteiger partial charge < -0.3 is 15.8 Å². The Hall–Kier alpha value is -0.260. The van der Waals surface area contributed by atoms with Gasteiger partial charge in [0.05, 0.1) is 12.1 Å². The summed E-state index contributed by atoms with van der Waals surface area (Å²) < 4.78 is 5.47. The van der Waals surface area contributed by atoms with E-state index in [1.54, 1.807) is 11.8 Å². The van der Waals surface area contributed by atoms with Gasteiger partial charge in [0.25, 0.3) is 0 Å². The number of ether oxygens (including phenoxy) is 1. The molecule has 0 aromatic carbocycles. The van der Waals surface area contributed by atoms with Crippen LogP contribution in [0.5, 0.6) is 0 Å². The summed E-state index contributed by atoms with van der Waals surface area (Å²) in [6, 6.07) is -0.207. The summed E-state index contributed by atoms with van der Waals surface area (Å²) in [5, 5.41) is 3.18. The first-order valence-electron chi connectivity index (χ1n) is 5.37. The maximum Gasteiger partial charge on any atom is 0.234 e. The highest BCUT2D eigenvalue weighted by atomic mass is 32.2. The first-order valence-corrected chi connectivity index (χ1v) is 6.76. The maximum atomic E-state index is 11.1. The summed E-state index contributed by atoms with van der Waals surface area (Å²) in [7, 11) is 0. The lowest BCUT2D eigenvalue weighted by Gasteiger charge is -2.17. The Labute approximate surface area is 95.3 Å². The predicted molar refractivity (Wildman–Crippen MR) is 63.0 cm³/mol. The highest BCUT2D eigenvalue weighted by Crippen LogP contribution is 2.11. The molecule has 1 heterocycles. The van der Waals surface area contributed by atoms with Gasteiger partial charge in [0.15, 0.2) is 0 Å². The van der Waals surface area contributed by atoms with E-state index >= 15 is 0 Å². The number of nitrogens with two attached hydrogens (primary N) is 1. The van der Waals surface area contributed by atoms with Crippen molar-refractivity contribution in [3.63, 3.8) is 0 Å². The molecule has 2 atom stereocenters. The predicted octanol–water partition coefficient (Wildman–Crippen LogP) is 0.362. The molecule has 3 N–H and O–H groups in total. The lowest BCUT2D eigenvalue weighted by molar-refractivity contribution is -0.120. The van der Waals surface area contributed by atoms with Crippen LogP contribution in [0.15, 0.2) is 0 Å². The van der Waals surface area contributed by atoms with Crippen molar-refractivity contribution in [2.24, 2.45) is 5.73 Å². The zero-order chi connectivity index (χ0) is 11.1. The highest BCUT2D eigenvalue weighted by Gasteiger charge is 2.19. The van der Waals surface area contributed by atoms with Gasteiger partial charge in [-0.1, -0.05) is 0 Å². The van der Waals surface area contributed by atoms with Gasteiger partial charge in [-0.15, -0.1) is 0 Å². The Morgan fingerprint density at radius 1 is 1.73 bits per heavy atom. The maximum absolute atomic E-state index is 11.1. The SMILES string of the molecule is CSCCC(NCC1CCCO1)C(N)=O. The van der Waals surface area contributed by atoms with E-state index in [1.807, 2.05) is 6.26 Å². The Bertz CT molecular complexity index is 196. The molecule has 0 saturated carbocycles. The smallest absolute Gasteiger partial charge is 0.234 e. The molecule has 0 aliphatic carbocycles. The molecule has 1 rings (SSSR count). The third-order valence-corrected chi connectivity index (χ3v) is 3.21. The molecular formula is C10H20N2O2S. The van der Waals surface area contributed by atoms with E-state index in [2.05, 4.69) is 5.32 Å². The van der Waals surface area contributed by atoms with Crippen molar-refractivity contribution in [3.05, 3.63) is 0 Å². The highest BCUT2D eigenvalue weighted by molar-refractivity contribution is 7.98. The Morgan fingerprint density at radius 3 is 3.07 bits per heavy atom. The molecule has 5 heteroatoms. The normalized spacial score (nSPS) is 22.9. The topological polar surface area (TPSA) is 64.3 Å². The fraction of sp³-hybridized carbons (Fsp3) is 0.900. The minimum absolute atomic E-state index is 0.207. The second-order valence-electron chi connectivity index (χ2n) is 3.78. The van der Waals surface area contributed by atoms with Gasteiger partial charge in [0.2, 0.25) is 5.91 Å². The Kier molecular flexibility index (Phi) is 6.05. The fourth-order valence-corrected chi connectivity index (χ4v) is 2.13. The average Bonchev–Trinajstić information content (AvgIpc) is 2.70. The van der Waals surface area contributed by atoms with E-state index in [9.17, 15) is 4.79 Å². The molecule has 4 nitrogen and oxygen atoms in total. The molecule has 2 unspecified atom stereocenters. The van der Waals surface area contributed by atoms with Crippen molar-refractivity contribution in [3.8, 4) is 0 Å². The summed E-state index contributed by atoms with van der Waals surface area (Å²) >= 11 is 1.73. The summed E-state index contributed by atoms with van der Waals surface area (Å²) in [4.78, 5) is 11.1. The minimum Gasteiger partial charge on any atom is -0.377 e. The van der Waals surface area contributed by atoms with Crippen LogP contribution in [0.3, 0.4) is 0 Å². The van der Waals surface area contributed by atoms with Crippen LogP contribution in [0.4, 0.5) is 0 Å².